The van der Waals surface area contributed by atoms with Crippen LogP contribution in [0.25, 0.3) is 0 Å². The fraction of sp³-hybridized carbons (Fsp3) is 0.417. The molecule has 0 amide bonds. The first-order valence-corrected chi connectivity index (χ1v) is 5.24. The Labute approximate surface area is 99.4 Å². The van der Waals surface area contributed by atoms with E-state index in [1.165, 1.54) is 7.11 Å². The van der Waals surface area contributed by atoms with Crippen LogP contribution in [0.5, 0.6) is 0 Å². The molecule has 0 saturated carbocycles. The number of aryl methyl sites for hydroxylation is 1. The van der Waals surface area contributed by atoms with E-state index in [2.05, 4.69) is 9.72 Å². The SMILES string of the molecule is COC(=O)CC(CC(=O)O)c1cc(C)ccn1. The number of methoxy groups -OCH3 is 1. The number of aromatic nitrogens is 1. The Bertz CT molecular complexity index is 417. The van der Waals surface area contributed by atoms with Crippen LogP contribution in [0.1, 0.15) is 30.0 Å². The maximum absolute atomic E-state index is 11.2. The van der Waals surface area contributed by atoms with E-state index in [1.54, 1.807) is 12.3 Å². The van der Waals surface area contributed by atoms with E-state index in [1.807, 2.05) is 13.0 Å². The molecular formula is C12H15NO4. The number of aliphatic carboxylic acids is 1. The Morgan fingerprint density at radius 1 is 1.47 bits per heavy atom. The molecule has 0 spiro atoms. The van der Waals surface area contributed by atoms with E-state index in [9.17, 15) is 9.59 Å². The summed E-state index contributed by atoms with van der Waals surface area (Å²) in [6, 6.07) is 3.61. The van der Waals surface area contributed by atoms with E-state index in [0.717, 1.165) is 5.56 Å². The smallest absolute Gasteiger partial charge is 0.306 e. The molecule has 5 nitrogen and oxygen atoms in total. The number of esters is 1. The zero-order chi connectivity index (χ0) is 12.8. The average Bonchev–Trinajstić information content (AvgIpc) is 2.27. The second-order valence-electron chi connectivity index (χ2n) is 3.83. The first-order chi connectivity index (χ1) is 8.02. The molecule has 0 aliphatic rings. The summed E-state index contributed by atoms with van der Waals surface area (Å²) in [5, 5.41) is 8.82. The molecule has 0 aliphatic heterocycles. The molecule has 5 heteroatoms. The molecule has 0 aliphatic carbocycles. The van der Waals surface area contributed by atoms with Gasteiger partial charge in [-0.2, -0.15) is 0 Å². The van der Waals surface area contributed by atoms with Gasteiger partial charge in [-0.1, -0.05) is 0 Å². The summed E-state index contributed by atoms with van der Waals surface area (Å²) in [6.45, 7) is 1.89. The molecule has 1 aromatic rings. The maximum atomic E-state index is 11.2. The van der Waals surface area contributed by atoms with Gasteiger partial charge in [0.15, 0.2) is 0 Å². The van der Waals surface area contributed by atoms with E-state index in [-0.39, 0.29) is 12.8 Å². The number of nitrogens with zero attached hydrogens (tertiary/aromatic N) is 1. The lowest BCUT2D eigenvalue weighted by molar-refractivity contribution is -0.141. The summed E-state index contributed by atoms with van der Waals surface area (Å²) in [5.41, 5.74) is 1.59. The van der Waals surface area contributed by atoms with Crippen molar-refractivity contribution in [3.8, 4) is 0 Å². The van der Waals surface area contributed by atoms with Crippen LogP contribution in [0.2, 0.25) is 0 Å². The third kappa shape index (κ3) is 4.22. The minimum absolute atomic E-state index is 0.0270. The largest absolute Gasteiger partial charge is 0.481 e. The number of rotatable bonds is 5. The van der Waals surface area contributed by atoms with Crippen molar-refractivity contribution in [3.05, 3.63) is 29.6 Å². The zero-order valence-electron chi connectivity index (χ0n) is 9.84. The number of hydrogen-bond donors (Lipinski definition) is 1. The fourth-order valence-corrected chi connectivity index (χ4v) is 1.56. The van der Waals surface area contributed by atoms with Gasteiger partial charge in [0.25, 0.3) is 0 Å². The summed E-state index contributed by atoms with van der Waals surface area (Å²) in [4.78, 5) is 26.1. The second kappa shape index (κ2) is 5.98. The Morgan fingerprint density at radius 3 is 2.71 bits per heavy atom. The van der Waals surface area contributed by atoms with Crippen LogP contribution in [-0.2, 0) is 14.3 Å². The van der Waals surface area contributed by atoms with Crippen LogP contribution >= 0.6 is 0 Å². The van der Waals surface area contributed by atoms with Gasteiger partial charge in [-0.3, -0.25) is 14.6 Å². The molecule has 17 heavy (non-hydrogen) atoms. The summed E-state index contributed by atoms with van der Waals surface area (Å²) in [7, 11) is 1.28. The molecule has 1 N–H and O–H groups in total. The van der Waals surface area contributed by atoms with Gasteiger partial charge in [-0.15, -0.1) is 0 Å². The highest BCUT2D eigenvalue weighted by atomic mass is 16.5. The minimum Gasteiger partial charge on any atom is -0.481 e. The lowest BCUT2D eigenvalue weighted by Gasteiger charge is -2.13. The summed E-state index contributed by atoms with van der Waals surface area (Å²) >= 11 is 0. The molecule has 0 aromatic carbocycles. The number of carbonyl (C=O) groups is 2. The topological polar surface area (TPSA) is 76.5 Å². The van der Waals surface area contributed by atoms with Gasteiger partial charge in [0.05, 0.1) is 20.0 Å². The molecule has 1 aromatic heterocycles. The lowest BCUT2D eigenvalue weighted by Crippen LogP contribution is -2.13. The number of pyridine rings is 1. The monoisotopic (exact) mass is 237 g/mol. The Hall–Kier alpha value is -1.91. The van der Waals surface area contributed by atoms with Gasteiger partial charge in [0, 0.05) is 17.8 Å². The third-order valence-corrected chi connectivity index (χ3v) is 2.42. The van der Waals surface area contributed by atoms with E-state index in [4.69, 9.17) is 5.11 Å². The van der Waals surface area contributed by atoms with E-state index < -0.39 is 17.9 Å². The van der Waals surface area contributed by atoms with Gasteiger partial charge in [-0.25, -0.2) is 0 Å². The predicted octanol–water partition coefficient (Wildman–Crippen LogP) is 1.51. The number of carbonyl (C=O) groups excluding carboxylic acids is 1. The zero-order valence-corrected chi connectivity index (χ0v) is 9.84. The Morgan fingerprint density at radius 2 is 2.18 bits per heavy atom. The molecule has 0 radical (unpaired) electrons. The van der Waals surface area contributed by atoms with Gasteiger partial charge >= 0.3 is 11.9 Å². The van der Waals surface area contributed by atoms with Crippen molar-refractivity contribution in [1.82, 2.24) is 4.98 Å². The third-order valence-electron chi connectivity index (χ3n) is 2.42. The first-order valence-electron chi connectivity index (χ1n) is 5.24. The highest BCUT2D eigenvalue weighted by Gasteiger charge is 2.20. The molecule has 1 heterocycles. The molecule has 0 fully saturated rings. The second-order valence-corrected chi connectivity index (χ2v) is 3.83. The van der Waals surface area contributed by atoms with Gasteiger partial charge < -0.3 is 9.84 Å². The van der Waals surface area contributed by atoms with Crippen molar-refractivity contribution in [2.45, 2.75) is 25.7 Å². The van der Waals surface area contributed by atoms with E-state index in [0.29, 0.717) is 5.69 Å². The Kier molecular flexibility index (Phi) is 4.63. The highest BCUT2D eigenvalue weighted by molar-refractivity contribution is 5.73. The average molecular weight is 237 g/mol. The molecule has 0 saturated heterocycles. The van der Waals surface area contributed by atoms with E-state index >= 15 is 0 Å². The number of carboxylic acids is 1. The molecular weight excluding hydrogens is 222 g/mol. The lowest BCUT2D eigenvalue weighted by atomic mass is 9.96. The van der Waals surface area contributed by atoms with Gasteiger partial charge in [0.2, 0.25) is 0 Å². The fourth-order valence-electron chi connectivity index (χ4n) is 1.56. The van der Waals surface area contributed by atoms with Crippen molar-refractivity contribution in [3.63, 3.8) is 0 Å². The molecule has 1 unspecified atom stereocenters. The molecule has 92 valence electrons. The van der Waals surface area contributed by atoms with Crippen LogP contribution < -0.4 is 0 Å². The van der Waals surface area contributed by atoms with Crippen molar-refractivity contribution >= 4 is 11.9 Å². The molecule has 1 rings (SSSR count). The number of ether oxygens (including phenoxy) is 1. The summed E-state index contributed by atoms with van der Waals surface area (Å²) in [5.74, 6) is -1.83. The predicted molar refractivity (Wildman–Crippen MR) is 60.6 cm³/mol. The quantitative estimate of drug-likeness (QED) is 0.785. The van der Waals surface area contributed by atoms with Crippen LogP contribution in [-0.4, -0.2) is 29.1 Å². The summed E-state index contributed by atoms with van der Waals surface area (Å²) in [6.07, 6.45) is 1.50. The first kappa shape index (κ1) is 13.2. The molecule has 1 atom stereocenters. The van der Waals surface area contributed by atoms with Crippen molar-refractivity contribution in [2.75, 3.05) is 7.11 Å². The highest BCUT2D eigenvalue weighted by Crippen LogP contribution is 2.22. The van der Waals surface area contributed by atoms with Crippen LogP contribution in [0.4, 0.5) is 0 Å². The maximum Gasteiger partial charge on any atom is 0.306 e. The minimum atomic E-state index is -0.956. The standard InChI is InChI=1S/C12H15NO4/c1-8-3-4-13-10(5-8)9(6-11(14)15)7-12(16)17-2/h3-5,9H,6-7H2,1-2H3,(H,14,15). The van der Waals surface area contributed by atoms with Gasteiger partial charge in [-0.05, 0) is 24.6 Å². The molecule has 0 bridgehead atoms. The summed E-state index contributed by atoms with van der Waals surface area (Å²) < 4.78 is 4.55. The Balaban J connectivity index is 2.89. The van der Waals surface area contributed by atoms with Crippen molar-refractivity contribution < 1.29 is 19.4 Å². The normalized spacial score (nSPS) is 11.9. The van der Waals surface area contributed by atoms with Crippen molar-refractivity contribution in [2.24, 2.45) is 0 Å². The van der Waals surface area contributed by atoms with Crippen LogP contribution in [0.3, 0.4) is 0 Å². The van der Waals surface area contributed by atoms with Crippen LogP contribution in [0.15, 0.2) is 18.3 Å². The van der Waals surface area contributed by atoms with Gasteiger partial charge in [0.1, 0.15) is 0 Å². The van der Waals surface area contributed by atoms with Crippen molar-refractivity contribution in [1.29, 1.82) is 0 Å². The number of carboxylic acid groups (broad SMARTS) is 1. The number of hydrogen-bond acceptors (Lipinski definition) is 4. The van der Waals surface area contributed by atoms with Crippen LogP contribution in [0, 0.1) is 6.92 Å².